The number of carbonyl (C=O) groups is 4. The molecule has 0 radical (unpaired) electrons. The van der Waals surface area contributed by atoms with Crippen LogP contribution < -0.4 is 0 Å². The van der Waals surface area contributed by atoms with E-state index in [4.69, 9.17) is 0 Å². The van der Waals surface area contributed by atoms with E-state index in [1.807, 2.05) is 38.0 Å². The van der Waals surface area contributed by atoms with Crippen molar-refractivity contribution in [3.05, 3.63) is 82.9 Å². The number of aromatic hydroxyl groups is 2. The quantitative estimate of drug-likeness (QED) is 0.340. The molecule has 0 spiro atoms. The predicted molar refractivity (Wildman–Crippen MR) is 159 cm³/mol. The molecule has 0 unspecified atom stereocenters. The fraction of sp³-hybridized carbons (Fsp3) is 0.250. The maximum Gasteiger partial charge on any atom is 0.261 e. The summed E-state index contributed by atoms with van der Waals surface area (Å²) in [5, 5.41) is 22.2. The van der Waals surface area contributed by atoms with Gasteiger partial charge in [-0.15, -0.1) is 0 Å². The molecule has 2 aliphatic rings. The van der Waals surface area contributed by atoms with Gasteiger partial charge in [0.25, 0.3) is 23.6 Å². The van der Waals surface area contributed by atoms with Crippen LogP contribution in [0.5, 0.6) is 11.5 Å². The Labute approximate surface area is 242 Å². The average molecular weight is 569 g/mol. The summed E-state index contributed by atoms with van der Waals surface area (Å²) in [6.45, 7) is 1.86. The predicted octanol–water partition coefficient (Wildman–Crippen LogP) is 3.41. The summed E-state index contributed by atoms with van der Waals surface area (Å²) in [6, 6.07) is 16.6. The van der Waals surface area contributed by atoms with Crippen LogP contribution in [0.15, 0.2) is 60.7 Å². The normalized spacial score (nSPS) is 14.3. The minimum atomic E-state index is -0.346. The van der Waals surface area contributed by atoms with E-state index in [1.54, 1.807) is 48.5 Å². The molecule has 0 aromatic heterocycles. The van der Waals surface area contributed by atoms with Gasteiger partial charge in [0.15, 0.2) is 0 Å². The third-order valence-corrected chi connectivity index (χ3v) is 7.37. The molecule has 216 valence electrons. The van der Waals surface area contributed by atoms with E-state index in [0.29, 0.717) is 70.0 Å². The van der Waals surface area contributed by atoms with E-state index in [1.165, 1.54) is 21.9 Å². The summed E-state index contributed by atoms with van der Waals surface area (Å²) >= 11 is 0. The van der Waals surface area contributed by atoms with Crippen LogP contribution in [-0.4, -0.2) is 108 Å². The van der Waals surface area contributed by atoms with E-state index in [-0.39, 0.29) is 35.1 Å². The zero-order valence-electron chi connectivity index (χ0n) is 23.9. The van der Waals surface area contributed by atoms with E-state index >= 15 is 0 Å². The molecule has 2 heterocycles. The van der Waals surface area contributed by atoms with Crippen molar-refractivity contribution in [3.8, 4) is 11.5 Å². The van der Waals surface area contributed by atoms with Gasteiger partial charge < -0.3 is 20.0 Å². The lowest BCUT2D eigenvalue weighted by Crippen LogP contribution is -2.43. The Bertz CT molecular complexity index is 1630. The van der Waals surface area contributed by atoms with Crippen molar-refractivity contribution in [1.82, 2.24) is 19.6 Å². The Morgan fingerprint density at radius 2 is 0.905 bits per heavy atom. The number of carbonyl (C=O) groups excluding carboxylic acids is 4. The summed E-state index contributed by atoms with van der Waals surface area (Å²) < 4.78 is 0. The zero-order valence-corrected chi connectivity index (χ0v) is 23.9. The largest absolute Gasteiger partial charge is 0.508 e. The number of imide groups is 2. The first kappa shape index (κ1) is 28.7. The maximum absolute atomic E-state index is 12.6. The number of rotatable bonds is 6. The molecule has 0 saturated carbocycles. The second kappa shape index (κ2) is 11.2. The second-order valence-electron chi connectivity index (χ2n) is 10.9. The molecule has 6 rings (SSSR count). The fourth-order valence-electron chi connectivity index (χ4n) is 5.29. The standard InChI is InChI=1S/2C16H16N2O3/c2*1-17(2)6-7-18-15(20)12-5-3-4-10-8-11(19)9-13(14(10)12)16(18)21/h2*3-5,8-9,19H,6-7H2,1-2H3. The number of likely N-dealkylation sites (N-methyl/N-ethyl adjacent to an activating group) is 2. The van der Waals surface area contributed by atoms with Gasteiger partial charge in [0.1, 0.15) is 11.5 Å². The van der Waals surface area contributed by atoms with Crippen LogP contribution in [0.1, 0.15) is 41.4 Å². The molecule has 2 aliphatic heterocycles. The highest BCUT2D eigenvalue weighted by atomic mass is 16.3. The molecule has 4 amide bonds. The first-order chi connectivity index (χ1) is 20.0. The molecule has 4 aromatic rings. The lowest BCUT2D eigenvalue weighted by Gasteiger charge is -2.28. The lowest BCUT2D eigenvalue weighted by atomic mass is 9.94. The number of hydrogen-bond acceptors (Lipinski definition) is 8. The summed E-state index contributed by atoms with van der Waals surface area (Å²) in [5.74, 6) is -1.17. The van der Waals surface area contributed by atoms with E-state index in [2.05, 4.69) is 0 Å². The van der Waals surface area contributed by atoms with Crippen molar-refractivity contribution in [2.45, 2.75) is 0 Å². The number of hydrogen-bond donors (Lipinski definition) is 2. The second-order valence-corrected chi connectivity index (χ2v) is 10.9. The Morgan fingerprint density at radius 1 is 0.548 bits per heavy atom. The van der Waals surface area contributed by atoms with Crippen molar-refractivity contribution < 1.29 is 29.4 Å². The van der Waals surface area contributed by atoms with Crippen LogP contribution in [0, 0.1) is 0 Å². The first-order valence-corrected chi connectivity index (χ1v) is 13.5. The van der Waals surface area contributed by atoms with Gasteiger partial charge in [-0.1, -0.05) is 24.3 Å². The van der Waals surface area contributed by atoms with Gasteiger partial charge in [0.2, 0.25) is 0 Å². The van der Waals surface area contributed by atoms with E-state index in [9.17, 15) is 29.4 Å². The monoisotopic (exact) mass is 568 g/mol. The van der Waals surface area contributed by atoms with E-state index in [0.717, 1.165) is 0 Å². The summed E-state index contributed by atoms with van der Waals surface area (Å²) in [7, 11) is 7.55. The molecular formula is C32H32N4O6. The molecule has 42 heavy (non-hydrogen) atoms. The zero-order chi connectivity index (χ0) is 30.3. The molecule has 10 heteroatoms. The molecular weight excluding hydrogens is 536 g/mol. The third kappa shape index (κ3) is 5.17. The fourth-order valence-corrected chi connectivity index (χ4v) is 5.29. The first-order valence-electron chi connectivity index (χ1n) is 13.5. The van der Waals surface area contributed by atoms with Gasteiger partial charge in [-0.25, -0.2) is 0 Å². The van der Waals surface area contributed by atoms with Gasteiger partial charge in [0.05, 0.1) is 11.1 Å². The van der Waals surface area contributed by atoms with Crippen molar-refractivity contribution in [2.24, 2.45) is 0 Å². The van der Waals surface area contributed by atoms with Gasteiger partial charge in [0, 0.05) is 48.1 Å². The van der Waals surface area contributed by atoms with Gasteiger partial charge in [-0.05, 0) is 75.4 Å². The Balaban J connectivity index is 0.000000168. The van der Waals surface area contributed by atoms with Crippen molar-refractivity contribution in [1.29, 1.82) is 0 Å². The maximum atomic E-state index is 12.6. The van der Waals surface area contributed by atoms with Crippen molar-refractivity contribution >= 4 is 45.2 Å². The lowest BCUT2D eigenvalue weighted by molar-refractivity contribution is 0.0585. The minimum absolute atomic E-state index is 0.0323. The van der Waals surface area contributed by atoms with Crippen LogP contribution in [0.4, 0.5) is 0 Å². The molecule has 4 aromatic carbocycles. The highest BCUT2D eigenvalue weighted by Crippen LogP contribution is 2.34. The Kier molecular flexibility index (Phi) is 7.68. The highest BCUT2D eigenvalue weighted by molar-refractivity contribution is 6.26. The average Bonchev–Trinajstić information content (AvgIpc) is 2.94. The van der Waals surface area contributed by atoms with Crippen molar-refractivity contribution in [2.75, 3.05) is 54.4 Å². The van der Waals surface area contributed by atoms with Crippen LogP contribution in [0.25, 0.3) is 21.5 Å². The van der Waals surface area contributed by atoms with Crippen LogP contribution in [0.3, 0.4) is 0 Å². The minimum Gasteiger partial charge on any atom is -0.508 e. The smallest absolute Gasteiger partial charge is 0.261 e. The number of phenolic OH excluding ortho intramolecular Hbond substituents is 2. The molecule has 2 N–H and O–H groups in total. The molecule has 0 fully saturated rings. The van der Waals surface area contributed by atoms with Gasteiger partial charge in [-0.3, -0.25) is 29.0 Å². The number of benzene rings is 4. The van der Waals surface area contributed by atoms with Gasteiger partial charge in [-0.2, -0.15) is 0 Å². The molecule has 0 saturated heterocycles. The number of amides is 4. The molecule has 0 aliphatic carbocycles. The topological polar surface area (TPSA) is 122 Å². The molecule has 0 atom stereocenters. The van der Waals surface area contributed by atoms with E-state index < -0.39 is 0 Å². The number of phenols is 2. The summed E-state index contributed by atoms with van der Waals surface area (Å²) in [4.78, 5) is 56.5. The van der Waals surface area contributed by atoms with Crippen molar-refractivity contribution in [3.63, 3.8) is 0 Å². The molecule has 0 bridgehead atoms. The summed E-state index contributed by atoms with van der Waals surface area (Å²) in [5.41, 5.74) is 1.81. The Hall–Kier alpha value is -4.80. The SMILES string of the molecule is CN(C)CCN1C(=O)c2cccc3cc(O)cc(c23)C1=O.CN(C)CCN1C(=O)c2cccc3cc(O)cc(c23)C1=O. The number of nitrogens with zero attached hydrogens (tertiary/aromatic N) is 4. The van der Waals surface area contributed by atoms with Crippen LogP contribution in [-0.2, 0) is 0 Å². The Morgan fingerprint density at radius 3 is 1.26 bits per heavy atom. The van der Waals surface area contributed by atoms with Crippen LogP contribution >= 0.6 is 0 Å². The third-order valence-electron chi connectivity index (χ3n) is 7.37. The van der Waals surface area contributed by atoms with Gasteiger partial charge >= 0.3 is 0 Å². The molecule has 10 nitrogen and oxygen atoms in total. The van der Waals surface area contributed by atoms with Crippen LogP contribution in [0.2, 0.25) is 0 Å². The highest BCUT2D eigenvalue weighted by Gasteiger charge is 2.34. The summed E-state index contributed by atoms with van der Waals surface area (Å²) in [6.07, 6.45) is 0.